The Morgan fingerprint density at radius 2 is 1.22 bits per heavy atom. The Morgan fingerprint density at radius 1 is 0.704 bits per heavy atom. The van der Waals surface area contributed by atoms with E-state index in [0.717, 1.165) is 30.3 Å². The Hall–Kier alpha value is -2.64. The zero-order valence-corrected chi connectivity index (χ0v) is 16.4. The second-order valence-electron chi connectivity index (χ2n) is 7.96. The number of nitrogens with zero attached hydrogens (tertiary/aromatic N) is 1. The van der Waals surface area contributed by atoms with Crippen LogP contribution in [0.3, 0.4) is 0 Å². The summed E-state index contributed by atoms with van der Waals surface area (Å²) in [4.78, 5) is 0. The van der Waals surface area contributed by atoms with Gasteiger partial charge in [0.1, 0.15) is 5.69 Å². The highest BCUT2D eigenvalue weighted by Gasteiger charge is 2.20. The molecule has 3 aromatic carbocycles. The van der Waals surface area contributed by atoms with Gasteiger partial charge in [0.05, 0.1) is 20.6 Å². The Kier molecular flexibility index (Phi) is 4.96. The van der Waals surface area contributed by atoms with Gasteiger partial charge in [-0.25, -0.2) is 0 Å². The predicted molar refractivity (Wildman–Crippen MR) is 117 cm³/mol. The van der Waals surface area contributed by atoms with Gasteiger partial charge < -0.3 is 0 Å². The highest BCUT2D eigenvalue weighted by atomic mass is 15.3. The van der Waals surface area contributed by atoms with Crippen LogP contribution >= 0.6 is 0 Å². The largest absolute Gasteiger partial charge is 0.296 e. The second kappa shape index (κ2) is 7.54. The lowest BCUT2D eigenvalue weighted by Gasteiger charge is -2.29. The standard InChI is InChI=1S/C26H28N/c1-27(2,23-13-4-3-5-14-23)20-10-17-26-24-15-8-6-11-21(24)18-19-22-12-7-9-16-25(22)26/h3-9,11-17H,10,18-20H2,1-2H3/q+1. The van der Waals surface area contributed by atoms with Crippen molar-refractivity contribution in [2.45, 2.75) is 19.3 Å². The van der Waals surface area contributed by atoms with Crippen LogP contribution in [0.5, 0.6) is 0 Å². The average Bonchev–Trinajstić information content (AvgIpc) is 2.86. The van der Waals surface area contributed by atoms with Gasteiger partial charge in [-0.15, -0.1) is 0 Å². The van der Waals surface area contributed by atoms with E-state index in [1.165, 1.54) is 33.5 Å². The minimum atomic E-state index is 0.897. The van der Waals surface area contributed by atoms with Crippen LogP contribution < -0.4 is 4.48 Å². The summed E-state index contributed by atoms with van der Waals surface area (Å²) in [6.07, 6.45) is 5.76. The highest BCUT2D eigenvalue weighted by molar-refractivity contribution is 5.83. The molecule has 0 unspecified atom stereocenters. The lowest BCUT2D eigenvalue weighted by molar-refractivity contribution is 0.406. The zero-order valence-electron chi connectivity index (χ0n) is 16.4. The molecule has 136 valence electrons. The van der Waals surface area contributed by atoms with Gasteiger partial charge in [0.2, 0.25) is 0 Å². The minimum Gasteiger partial charge on any atom is -0.296 e. The van der Waals surface area contributed by atoms with Crippen molar-refractivity contribution >= 4 is 11.3 Å². The molecule has 0 aromatic heterocycles. The molecule has 4 rings (SSSR count). The average molecular weight is 355 g/mol. The Balaban J connectivity index is 1.66. The van der Waals surface area contributed by atoms with Crippen LogP contribution in [0, 0.1) is 0 Å². The molecular weight excluding hydrogens is 326 g/mol. The Bertz CT molecular complexity index is 901. The van der Waals surface area contributed by atoms with Crippen LogP contribution in [0.4, 0.5) is 5.69 Å². The van der Waals surface area contributed by atoms with Gasteiger partial charge in [-0.2, -0.15) is 0 Å². The van der Waals surface area contributed by atoms with Crippen molar-refractivity contribution in [2.24, 2.45) is 0 Å². The first kappa shape index (κ1) is 17.8. The fourth-order valence-electron chi connectivity index (χ4n) is 4.13. The molecule has 0 bridgehead atoms. The molecule has 1 heteroatoms. The normalized spacial score (nSPS) is 13.5. The number of rotatable bonds is 4. The van der Waals surface area contributed by atoms with Crippen LogP contribution in [0.15, 0.2) is 84.9 Å². The van der Waals surface area contributed by atoms with E-state index in [1.54, 1.807) is 0 Å². The van der Waals surface area contributed by atoms with Crippen molar-refractivity contribution in [1.29, 1.82) is 0 Å². The minimum absolute atomic E-state index is 0.897. The highest BCUT2D eigenvalue weighted by Crippen LogP contribution is 2.33. The maximum absolute atomic E-state index is 2.46. The van der Waals surface area contributed by atoms with Crippen molar-refractivity contribution in [3.05, 3.63) is 107 Å². The second-order valence-corrected chi connectivity index (χ2v) is 7.96. The molecule has 0 heterocycles. The summed E-state index contributed by atoms with van der Waals surface area (Å²) in [5, 5.41) is 0. The first-order valence-corrected chi connectivity index (χ1v) is 9.90. The molecular formula is C26H28N+. The van der Waals surface area contributed by atoms with Crippen LogP contribution in [-0.4, -0.2) is 20.6 Å². The van der Waals surface area contributed by atoms with E-state index in [4.69, 9.17) is 0 Å². The summed E-state index contributed by atoms with van der Waals surface area (Å²) < 4.78 is 0.897. The summed E-state index contributed by atoms with van der Waals surface area (Å²) in [6.45, 7) is 1.08. The van der Waals surface area contributed by atoms with Crippen molar-refractivity contribution in [1.82, 2.24) is 4.48 Å². The van der Waals surface area contributed by atoms with Gasteiger partial charge in [0.25, 0.3) is 0 Å². The van der Waals surface area contributed by atoms with E-state index in [2.05, 4.69) is 99.0 Å². The smallest absolute Gasteiger partial charge is 0.132 e. The summed E-state index contributed by atoms with van der Waals surface area (Å²) in [5.74, 6) is 0. The van der Waals surface area contributed by atoms with Crippen molar-refractivity contribution in [3.63, 3.8) is 0 Å². The Labute approximate surface area is 163 Å². The molecule has 1 aliphatic rings. The third-order valence-electron chi connectivity index (χ3n) is 5.77. The van der Waals surface area contributed by atoms with Crippen molar-refractivity contribution in [2.75, 3.05) is 20.6 Å². The monoisotopic (exact) mass is 354 g/mol. The molecule has 0 saturated carbocycles. The summed E-state index contributed by atoms with van der Waals surface area (Å²) in [5.41, 5.74) is 8.53. The maximum Gasteiger partial charge on any atom is 0.132 e. The van der Waals surface area contributed by atoms with E-state index in [-0.39, 0.29) is 0 Å². The van der Waals surface area contributed by atoms with Crippen LogP contribution in [-0.2, 0) is 12.8 Å². The number of aryl methyl sites for hydroxylation is 2. The molecule has 0 fully saturated rings. The van der Waals surface area contributed by atoms with E-state index >= 15 is 0 Å². The molecule has 1 aliphatic carbocycles. The third kappa shape index (κ3) is 3.74. The number of para-hydroxylation sites is 1. The van der Waals surface area contributed by atoms with E-state index in [1.807, 2.05) is 0 Å². The topological polar surface area (TPSA) is 0 Å². The maximum atomic E-state index is 2.46. The zero-order chi connectivity index (χ0) is 18.7. The predicted octanol–water partition coefficient (Wildman–Crippen LogP) is 5.87. The molecule has 27 heavy (non-hydrogen) atoms. The Morgan fingerprint density at radius 3 is 1.81 bits per heavy atom. The quantitative estimate of drug-likeness (QED) is 0.514. The van der Waals surface area contributed by atoms with Crippen LogP contribution in [0.1, 0.15) is 28.7 Å². The lowest BCUT2D eigenvalue weighted by Crippen LogP contribution is -2.41. The number of hydrogen-bond donors (Lipinski definition) is 0. The van der Waals surface area contributed by atoms with Gasteiger partial charge in [0.15, 0.2) is 0 Å². The van der Waals surface area contributed by atoms with E-state index < -0.39 is 0 Å². The molecule has 0 aliphatic heterocycles. The third-order valence-corrected chi connectivity index (χ3v) is 5.77. The molecule has 0 N–H and O–H groups in total. The molecule has 0 radical (unpaired) electrons. The molecule has 1 nitrogen and oxygen atoms in total. The lowest BCUT2D eigenvalue weighted by atomic mass is 9.93. The fraction of sp³-hybridized carbons (Fsp3) is 0.231. The molecule has 0 saturated heterocycles. The van der Waals surface area contributed by atoms with Gasteiger partial charge >= 0.3 is 0 Å². The van der Waals surface area contributed by atoms with Gasteiger partial charge in [0, 0.05) is 6.42 Å². The molecule has 0 amide bonds. The summed E-state index contributed by atoms with van der Waals surface area (Å²) >= 11 is 0. The summed E-state index contributed by atoms with van der Waals surface area (Å²) in [7, 11) is 4.59. The number of benzene rings is 3. The molecule has 0 atom stereocenters. The number of quaternary nitrogens is 1. The number of hydrogen-bond acceptors (Lipinski definition) is 0. The van der Waals surface area contributed by atoms with Gasteiger partial charge in [-0.05, 0) is 52.8 Å². The van der Waals surface area contributed by atoms with Gasteiger partial charge in [-0.3, -0.25) is 4.48 Å². The molecule has 3 aromatic rings. The van der Waals surface area contributed by atoms with E-state index in [0.29, 0.717) is 0 Å². The first-order valence-electron chi connectivity index (χ1n) is 9.90. The van der Waals surface area contributed by atoms with Crippen LogP contribution in [0.2, 0.25) is 0 Å². The van der Waals surface area contributed by atoms with Gasteiger partial charge in [-0.1, -0.05) is 72.8 Å². The summed E-state index contributed by atoms with van der Waals surface area (Å²) in [6, 6.07) is 28.6. The first-order chi connectivity index (χ1) is 13.1. The molecule has 0 spiro atoms. The van der Waals surface area contributed by atoms with Crippen molar-refractivity contribution < 1.29 is 0 Å². The van der Waals surface area contributed by atoms with Crippen LogP contribution in [0.25, 0.3) is 5.57 Å². The fourth-order valence-corrected chi connectivity index (χ4v) is 4.13. The van der Waals surface area contributed by atoms with E-state index in [9.17, 15) is 0 Å². The number of fused-ring (bicyclic) bond motifs is 2. The SMILES string of the molecule is C[N+](C)(CCC=C1c2ccccc2CCc2ccccc21)c1ccccc1. The van der Waals surface area contributed by atoms with Crippen molar-refractivity contribution in [3.8, 4) is 0 Å².